The Morgan fingerprint density at radius 1 is 0.400 bits per heavy atom. The van der Waals surface area contributed by atoms with Crippen LogP contribution in [0.5, 0.6) is 0 Å². The van der Waals surface area contributed by atoms with E-state index in [0.717, 1.165) is 50.1 Å². The van der Waals surface area contributed by atoms with Gasteiger partial charge in [-0.15, -0.1) is 0 Å². The van der Waals surface area contributed by atoms with Gasteiger partial charge in [-0.05, 0) is 120 Å². The molecule has 0 saturated carbocycles. The summed E-state index contributed by atoms with van der Waals surface area (Å²) in [5, 5.41) is 1.42. The van der Waals surface area contributed by atoms with Crippen molar-refractivity contribution in [2.24, 2.45) is 0 Å². The van der Waals surface area contributed by atoms with Crippen LogP contribution in [0.25, 0.3) is 72.4 Å². The summed E-state index contributed by atoms with van der Waals surface area (Å²) in [7, 11) is 0. The van der Waals surface area contributed by atoms with Crippen LogP contribution in [0.2, 0.25) is 15.1 Å². The molecule has 318 valence electrons. The molecular formula is C56H40Cl4N4O. The number of carbonyl (C=O) groups excluding carboxylic acids is 1. The third kappa shape index (κ3) is 12.6. The van der Waals surface area contributed by atoms with E-state index in [9.17, 15) is 4.79 Å². The smallest absolute Gasteiger partial charge is 0.252 e. The van der Waals surface area contributed by atoms with Crippen molar-refractivity contribution in [3.05, 3.63) is 237 Å². The zero-order valence-electron chi connectivity index (χ0n) is 35.6. The minimum Gasteiger partial charge on any atom is -0.276 e. The summed E-state index contributed by atoms with van der Waals surface area (Å²) in [5.41, 5.74) is 13.5. The van der Waals surface area contributed by atoms with Crippen molar-refractivity contribution in [1.29, 1.82) is 0 Å². The van der Waals surface area contributed by atoms with Gasteiger partial charge in [0.25, 0.3) is 5.24 Å². The van der Waals surface area contributed by atoms with Gasteiger partial charge in [-0.1, -0.05) is 185 Å². The van der Waals surface area contributed by atoms with Gasteiger partial charge in [0.15, 0.2) is 23.2 Å². The van der Waals surface area contributed by atoms with Crippen LogP contribution in [0, 0.1) is 27.3 Å². The molecule has 65 heavy (non-hydrogen) atoms. The molecule has 8 aromatic carbocycles. The molecular weight excluding hydrogens is 886 g/mol. The lowest BCUT2D eigenvalue weighted by Gasteiger charge is -2.12. The molecule has 1 heterocycles. The first kappa shape index (κ1) is 46.1. The minimum absolute atomic E-state index is 0.407. The molecule has 0 atom stereocenters. The van der Waals surface area contributed by atoms with E-state index in [1.807, 2.05) is 104 Å². The van der Waals surface area contributed by atoms with Gasteiger partial charge in [0, 0.05) is 37.3 Å². The summed E-state index contributed by atoms with van der Waals surface area (Å²) in [5.74, 6) is 1.66. The zero-order chi connectivity index (χ0) is 45.9. The van der Waals surface area contributed by atoms with Crippen LogP contribution in [0.15, 0.2) is 188 Å². The van der Waals surface area contributed by atoms with E-state index in [1.54, 1.807) is 30.3 Å². The summed E-state index contributed by atoms with van der Waals surface area (Å²) < 4.78 is 0. The largest absolute Gasteiger partial charge is 0.276 e. The average molecular weight is 927 g/mol. The lowest BCUT2D eigenvalue weighted by atomic mass is 10.0. The number of aromatic nitrogens is 3. The molecule has 9 heteroatoms. The standard InChI is InChI=1S/C35H25Cl2N3.C14H10ClN.C7H5ClO/c1-22-8-12-24(13-9-22)27-16-29(20-31(36)18-27)34-38-33(26-6-4-3-5-7-26)39-35(40-34)30-17-28(19-32(37)21-30)25-14-10-23(2)11-15-25;1-10-3-5-11(6-4-10)12-7-13(15)9-14(8-12)16-2;8-7(9)6-4-2-1-3-5-6/h3-21H,1-2H3;3-9H,1H3;1-5H. The summed E-state index contributed by atoms with van der Waals surface area (Å²) in [6.45, 7) is 13.2. The zero-order valence-corrected chi connectivity index (χ0v) is 38.6. The molecule has 0 bridgehead atoms. The fraction of sp³-hybridized carbons (Fsp3) is 0.0536. The van der Waals surface area contributed by atoms with Crippen molar-refractivity contribution in [2.45, 2.75) is 20.8 Å². The number of halogens is 4. The molecule has 0 fully saturated rings. The van der Waals surface area contributed by atoms with Crippen molar-refractivity contribution < 1.29 is 4.79 Å². The normalized spacial score (nSPS) is 10.4. The number of rotatable bonds is 7. The van der Waals surface area contributed by atoms with Crippen LogP contribution in [0.4, 0.5) is 5.69 Å². The quantitative estimate of drug-likeness (QED) is 0.118. The van der Waals surface area contributed by atoms with E-state index in [2.05, 4.69) is 79.4 Å². The van der Waals surface area contributed by atoms with Gasteiger partial charge in [0.1, 0.15) is 0 Å². The van der Waals surface area contributed by atoms with Gasteiger partial charge < -0.3 is 0 Å². The maximum absolute atomic E-state index is 10.4. The van der Waals surface area contributed by atoms with Gasteiger partial charge in [0.2, 0.25) is 0 Å². The Balaban J connectivity index is 0.000000205. The molecule has 9 aromatic rings. The second kappa shape index (κ2) is 21.6. The molecule has 0 aliphatic carbocycles. The Hall–Kier alpha value is -6.91. The van der Waals surface area contributed by atoms with Crippen molar-refractivity contribution in [1.82, 2.24) is 15.0 Å². The molecule has 0 saturated heterocycles. The van der Waals surface area contributed by atoms with Crippen molar-refractivity contribution in [3.63, 3.8) is 0 Å². The van der Waals surface area contributed by atoms with Crippen LogP contribution >= 0.6 is 46.4 Å². The van der Waals surface area contributed by atoms with Crippen molar-refractivity contribution >= 4 is 57.3 Å². The van der Waals surface area contributed by atoms with Crippen LogP contribution in [-0.4, -0.2) is 20.2 Å². The summed E-state index contributed by atoms with van der Waals surface area (Å²) in [4.78, 5) is 28.5. The fourth-order valence-electron chi connectivity index (χ4n) is 6.73. The highest BCUT2D eigenvalue weighted by Crippen LogP contribution is 2.34. The van der Waals surface area contributed by atoms with E-state index in [-0.39, 0.29) is 0 Å². The maximum Gasteiger partial charge on any atom is 0.252 e. The number of aryl methyl sites for hydroxylation is 3. The predicted octanol–water partition coefficient (Wildman–Crippen LogP) is 17.1. The molecule has 0 spiro atoms. The fourth-order valence-corrected chi connectivity index (χ4v) is 7.56. The van der Waals surface area contributed by atoms with Gasteiger partial charge in [-0.25, -0.2) is 19.8 Å². The molecule has 0 N–H and O–H groups in total. The third-order valence-electron chi connectivity index (χ3n) is 10.1. The second-order valence-electron chi connectivity index (χ2n) is 15.2. The Bertz CT molecular complexity index is 3000. The Morgan fingerprint density at radius 2 is 0.738 bits per heavy atom. The number of hydrogen-bond acceptors (Lipinski definition) is 4. The highest BCUT2D eigenvalue weighted by atomic mass is 35.5. The predicted molar refractivity (Wildman–Crippen MR) is 271 cm³/mol. The monoisotopic (exact) mass is 924 g/mol. The highest BCUT2D eigenvalue weighted by Gasteiger charge is 2.15. The van der Waals surface area contributed by atoms with Gasteiger partial charge >= 0.3 is 0 Å². The van der Waals surface area contributed by atoms with E-state index >= 15 is 0 Å². The first-order valence-corrected chi connectivity index (χ1v) is 22.0. The summed E-state index contributed by atoms with van der Waals surface area (Å²) in [6, 6.07) is 60.8. The second-order valence-corrected chi connectivity index (χ2v) is 16.8. The number of nitrogens with zero attached hydrogens (tertiary/aromatic N) is 4. The minimum atomic E-state index is -0.407. The summed E-state index contributed by atoms with van der Waals surface area (Å²) >= 11 is 24.4. The molecule has 5 nitrogen and oxygen atoms in total. The van der Waals surface area contributed by atoms with E-state index in [1.165, 1.54) is 16.7 Å². The van der Waals surface area contributed by atoms with Gasteiger partial charge in [-0.3, -0.25) is 4.79 Å². The van der Waals surface area contributed by atoms with E-state index < -0.39 is 5.24 Å². The lowest BCUT2D eigenvalue weighted by Crippen LogP contribution is -2.00. The molecule has 0 radical (unpaired) electrons. The Morgan fingerprint density at radius 3 is 1.11 bits per heavy atom. The topological polar surface area (TPSA) is 60.1 Å². The highest BCUT2D eigenvalue weighted by molar-refractivity contribution is 6.67. The van der Waals surface area contributed by atoms with E-state index in [0.29, 0.717) is 43.8 Å². The Labute approximate surface area is 399 Å². The number of carbonyl (C=O) groups is 1. The first-order valence-electron chi connectivity index (χ1n) is 20.5. The number of hydrogen-bond donors (Lipinski definition) is 0. The number of benzene rings is 8. The molecule has 0 amide bonds. The van der Waals surface area contributed by atoms with Crippen LogP contribution in [0.1, 0.15) is 27.0 Å². The third-order valence-corrected chi connectivity index (χ3v) is 11.0. The van der Waals surface area contributed by atoms with Crippen LogP contribution < -0.4 is 0 Å². The SMILES string of the molecule is Cc1ccc(-c2cc(Cl)cc(-c3nc(-c4ccccc4)nc(-c4cc(Cl)cc(-c5ccc(C)cc5)c4)n3)c2)cc1.O=C(Cl)c1ccccc1.[C-]#[N+]c1cc(Cl)cc(-c2ccc(C)cc2)c1. The van der Waals surface area contributed by atoms with Crippen LogP contribution in [-0.2, 0) is 0 Å². The van der Waals surface area contributed by atoms with Crippen molar-refractivity contribution in [3.8, 4) is 67.5 Å². The first-order chi connectivity index (χ1) is 31.4. The average Bonchev–Trinajstić information content (AvgIpc) is 3.32. The summed E-state index contributed by atoms with van der Waals surface area (Å²) in [6.07, 6.45) is 0. The van der Waals surface area contributed by atoms with Crippen LogP contribution in [0.3, 0.4) is 0 Å². The molecule has 0 aliphatic rings. The molecule has 1 aromatic heterocycles. The Kier molecular flexibility index (Phi) is 15.4. The lowest BCUT2D eigenvalue weighted by molar-refractivity contribution is 0.108. The molecule has 0 unspecified atom stereocenters. The van der Waals surface area contributed by atoms with Crippen molar-refractivity contribution in [2.75, 3.05) is 0 Å². The van der Waals surface area contributed by atoms with E-state index in [4.69, 9.17) is 67.9 Å². The molecule has 0 aliphatic heterocycles. The maximum atomic E-state index is 10.4. The molecule has 9 rings (SSSR count). The van der Waals surface area contributed by atoms with Gasteiger partial charge in [-0.2, -0.15) is 0 Å². The van der Waals surface area contributed by atoms with Gasteiger partial charge in [0.05, 0.1) is 6.57 Å².